The maximum atomic E-state index is 12.4. The summed E-state index contributed by atoms with van der Waals surface area (Å²) in [6.07, 6.45) is 4.10. The van der Waals surface area contributed by atoms with Crippen molar-refractivity contribution in [2.75, 3.05) is 25.0 Å². The van der Waals surface area contributed by atoms with E-state index in [0.29, 0.717) is 47.2 Å². The number of carbonyl (C=O) groups excluding carboxylic acids is 5. The summed E-state index contributed by atoms with van der Waals surface area (Å²) in [7, 11) is 0. The number of amides is 5. The number of carbonyl (C=O) groups is 5. The van der Waals surface area contributed by atoms with Crippen LogP contribution in [-0.2, 0) is 19.2 Å². The number of pyridine rings is 1. The number of urea groups is 1. The van der Waals surface area contributed by atoms with Crippen LogP contribution in [0.15, 0.2) is 34.4 Å². The number of likely N-dealkylation sites (tertiary alicyclic amines) is 1. The minimum absolute atomic E-state index is 0.0677. The molecule has 3 aromatic rings. The molecule has 1 saturated heterocycles. The van der Waals surface area contributed by atoms with Gasteiger partial charge in [-0.1, -0.05) is 47.1 Å². The van der Waals surface area contributed by atoms with Crippen molar-refractivity contribution in [2.45, 2.75) is 125 Å². The summed E-state index contributed by atoms with van der Waals surface area (Å²) in [4.78, 5) is 85.0. The van der Waals surface area contributed by atoms with Crippen molar-refractivity contribution in [3.63, 3.8) is 0 Å². The maximum absolute atomic E-state index is 12.4. The van der Waals surface area contributed by atoms with Gasteiger partial charge in [0, 0.05) is 24.2 Å². The Bertz CT molecular complexity index is 1780. The van der Waals surface area contributed by atoms with Crippen LogP contribution in [0.2, 0.25) is 0 Å². The van der Waals surface area contributed by atoms with Gasteiger partial charge < -0.3 is 36.5 Å². The number of Topliss-reactive ketones (excluding diaryl/α,β-unsaturated/α-hetero) is 1. The lowest BCUT2D eigenvalue weighted by molar-refractivity contribution is -0.140. The standard InChI is InChI=1S/C18H29N5O5.C14H14N4OS.C4H10.C3H8/c1-18(2,3)22-17(28)20-10-14(25)23-8-4-5-12(23)15(26)19-9-13(24)16(27)21-11-6-7-11;1-8(2)15-11-5-3-4-10(16-11)13-17-9-6-7-20-12(9)14(19)18-13;1-4(2)3;1-3-2/h11-12H,4-10H2,1-3H3,(H,19,26)(H,21,27)(H2,20,22,28);3-8H,1-2H3,(H,15,16)(H,17,18,19);4H,1-3H3;3H2,1-2H3. The van der Waals surface area contributed by atoms with Crippen LogP contribution in [0.1, 0.15) is 101 Å². The molecule has 15 nitrogen and oxygen atoms in total. The van der Waals surface area contributed by atoms with E-state index >= 15 is 0 Å². The predicted molar refractivity (Wildman–Crippen MR) is 219 cm³/mol. The highest BCUT2D eigenvalue weighted by Crippen LogP contribution is 2.20. The van der Waals surface area contributed by atoms with Gasteiger partial charge in [0.15, 0.2) is 5.82 Å². The number of anilines is 1. The Hall–Kier alpha value is -4.86. The van der Waals surface area contributed by atoms with Gasteiger partial charge in [0.05, 0.1) is 18.6 Å². The average Bonchev–Trinajstić information content (AvgIpc) is 3.54. The fourth-order valence-electron chi connectivity index (χ4n) is 4.78. The number of fused-ring (bicyclic) bond motifs is 1. The molecule has 6 N–H and O–H groups in total. The summed E-state index contributed by atoms with van der Waals surface area (Å²) in [6, 6.07) is 6.65. The summed E-state index contributed by atoms with van der Waals surface area (Å²) >= 11 is 1.39. The molecule has 5 amide bonds. The van der Waals surface area contributed by atoms with Gasteiger partial charge in [0.25, 0.3) is 11.5 Å². The number of H-pyrrole nitrogens is 1. The smallest absolute Gasteiger partial charge is 0.315 e. The molecule has 304 valence electrons. The van der Waals surface area contributed by atoms with Gasteiger partial charge in [-0.2, -0.15) is 0 Å². The highest BCUT2D eigenvalue weighted by Gasteiger charge is 2.34. The highest BCUT2D eigenvalue weighted by molar-refractivity contribution is 7.17. The Morgan fingerprint density at radius 1 is 0.945 bits per heavy atom. The second-order valence-electron chi connectivity index (χ2n) is 15.4. The molecule has 2 aliphatic rings. The fourth-order valence-corrected chi connectivity index (χ4v) is 5.50. The Balaban J connectivity index is 0.000000336. The first kappa shape index (κ1) is 46.3. The summed E-state index contributed by atoms with van der Waals surface area (Å²) in [5.41, 5.74) is 0.810. The van der Waals surface area contributed by atoms with E-state index in [0.717, 1.165) is 24.6 Å². The zero-order valence-electron chi connectivity index (χ0n) is 34.1. The van der Waals surface area contributed by atoms with Gasteiger partial charge in [0.1, 0.15) is 22.3 Å². The number of hydrogen-bond donors (Lipinski definition) is 6. The summed E-state index contributed by atoms with van der Waals surface area (Å²) in [6.45, 7) is 20.1. The lowest BCUT2D eigenvalue weighted by Gasteiger charge is -2.25. The van der Waals surface area contributed by atoms with E-state index in [2.05, 4.69) is 76.2 Å². The van der Waals surface area contributed by atoms with E-state index < -0.39 is 41.8 Å². The van der Waals surface area contributed by atoms with Crippen molar-refractivity contribution in [2.24, 2.45) is 5.92 Å². The Labute approximate surface area is 328 Å². The van der Waals surface area contributed by atoms with Crippen LogP contribution in [0.5, 0.6) is 0 Å². The topological polar surface area (TPSA) is 207 Å². The van der Waals surface area contributed by atoms with E-state index in [4.69, 9.17) is 0 Å². The summed E-state index contributed by atoms with van der Waals surface area (Å²) < 4.78 is 0.644. The molecule has 1 aliphatic carbocycles. The molecule has 4 heterocycles. The molecule has 0 radical (unpaired) electrons. The minimum Gasteiger partial charge on any atom is -0.368 e. The minimum atomic E-state index is -0.711. The molecule has 1 unspecified atom stereocenters. The van der Waals surface area contributed by atoms with Crippen LogP contribution in [0.25, 0.3) is 21.7 Å². The Kier molecular flexibility index (Phi) is 18.9. The summed E-state index contributed by atoms with van der Waals surface area (Å²) in [5, 5.41) is 15.3. The van der Waals surface area contributed by atoms with Crippen molar-refractivity contribution in [1.29, 1.82) is 0 Å². The van der Waals surface area contributed by atoms with E-state index in [1.807, 2.05) is 64.3 Å². The van der Waals surface area contributed by atoms with Crippen molar-refractivity contribution in [1.82, 2.24) is 41.1 Å². The van der Waals surface area contributed by atoms with Gasteiger partial charge in [-0.15, -0.1) is 11.3 Å². The predicted octanol–water partition coefficient (Wildman–Crippen LogP) is 4.98. The fraction of sp³-hybridized carbons (Fsp3) is 0.590. The number of thiophene rings is 1. The van der Waals surface area contributed by atoms with Gasteiger partial charge in [-0.3, -0.25) is 24.0 Å². The molecule has 3 aromatic heterocycles. The molecule has 0 spiro atoms. The SMILES string of the molecule is CC(C)(C)NC(=O)NCC(=O)N1CCCC1C(=O)NCC(=O)C(=O)NC1CC1.CC(C)C.CC(C)Nc1cccc(-c2nc3ccsc3c(=O)[nH]2)n1.CCC. The highest BCUT2D eigenvalue weighted by atomic mass is 32.1. The average molecular weight is 784 g/mol. The first-order valence-electron chi connectivity index (χ1n) is 19.0. The zero-order valence-corrected chi connectivity index (χ0v) is 34.9. The molecule has 2 fully saturated rings. The third-order valence-electron chi connectivity index (χ3n) is 7.10. The first-order valence-corrected chi connectivity index (χ1v) is 19.9. The molecular weight excluding hydrogens is 723 g/mol. The van der Waals surface area contributed by atoms with E-state index in [1.165, 1.54) is 22.7 Å². The number of ketones is 1. The van der Waals surface area contributed by atoms with Crippen LogP contribution < -0.4 is 32.1 Å². The van der Waals surface area contributed by atoms with Crippen LogP contribution in [0.4, 0.5) is 10.6 Å². The number of hydrogen-bond acceptors (Lipinski definition) is 10. The van der Waals surface area contributed by atoms with E-state index in [1.54, 1.807) is 0 Å². The number of nitrogens with zero attached hydrogens (tertiary/aromatic N) is 3. The number of aromatic nitrogens is 3. The normalized spacial score (nSPS) is 14.7. The van der Waals surface area contributed by atoms with Crippen molar-refractivity contribution < 1.29 is 24.0 Å². The molecule has 16 heteroatoms. The second-order valence-corrected chi connectivity index (χ2v) is 16.3. The molecule has 0 bridgehead atoms. The van der Waals surface area contributed by atoms with Crippen molar-refractivity contribution in [3.05, 3.63) is 40.0 Å². The van der Waals surface area contributed by atoms with Gasteiger partial charge in [-0.25, -0.2) is 14.8 Å². The monoisotopic (exact) mass is 783 g/mol. The van der Waals surface area contributed by atoms with Gasteiger partial charge >= 0.3 is 6.03 Å². The second kappa shape index (κ2) is 22.5. The quantitative estimate of drug-likeness (QED) is 0.153. The van der Waals surface area contributed by atoms with Gasteiger partial charge in [0.2, 0.25) is 17.6 Å². The number of nitrogens with one attached hydrogen (secondary N) is 6. The number of rotatable bonds is 10. The lowest BCUT2D eigenvalue weighted by atomic mass is 10.1. The van der Waals surface area contributed by atoms with Crippen molar-refractivity contribution >= 4 is 56.9 Å². The molecule has 0 aromatic carbocycles. The third-order valence-corrected chi connectivity index (χ3v) is 8.00. The van der Waals surface area contributed by atoms with E-state index in [9.17, 15) is 28.8 Å². The number of aromatic amines is 1. The molecule has 5 rings (SSSR count). The third kappa shape index (κ3) is 17.4. The van der Waals surface area contributed by atoms with Crippen LogP contribution >= 0.6 is 11.3 Å². The maximum Gasteiger partial charge on any atom is 0.315 e. The Morgan fingerprint density at radius 2 is 1.60 bits per heavy atom. The largest absolute Gasteiger partial charge is 0.368 e. The van der Waals surface area contributed by atoms with Crippen LogP contribution in [0, 0.1) is 5.92 Å². The zero-order chi connectivity index (χ0) is 41.3. The molecule has 1 aliphatic heterocycles. The lowest BCUT2D eigenvalue weighted by Crippen LogP contribution is -2.52. The van der Waals surface area contributed by atoms with E-state index in [-0.39, 0.29) is 24.1 Å². The van der Waals surface area contributed by atoms with Crippen LogP contribution in [-0.4, -0.2) is 92.7 Å². The Morgan fingerprint density at radius 3 is 2.20 bits per heavy atom. The molecule has 1 saturated carbocycles. The van der Waals surface area contributed by atoms with Gasteiger partial charge in [-0.05, 0) is 89.8 Å². The molecule has 55 heavy (non-hydrogen) atoms. The van der Waals surface area contributed by atoms with Crippen molar-refractivity contribution in [3.8, 4) is 11.5 Å². The van der Waals surface area contributed by atoms with Crippen LogP contribution in [0.3, 0.4) is 0 Å². The first-order chi connectivity index (χ1) is 25.8. The summed E-state index contributed by atoms with van der Waals surface area (Å²) in [5.74, 6) is -0.163. The molecule has 1 atom stereocenters. The molecular formula is C39H61N9O6S.